The van der Waals surface area contributed by atoms with Crippen molar-refractivity contribution in [3.8, 4) is 0 Å². The average Bonchev–Trinajstić information content (AvgIpc) is 2.64. The maximum Gasteiger partial charge on any atom is 0.234 e. The van der Waals surface area contributed by atoms with Crippen molar-refractivity contribution in [2.75, 3.05) is 29.1 Å². The van der Waals surface area contributed by atoms with Crippen LogP contribution in [-0.2, 0) is 21.2 Å². The third-order valence-corrected chi connectivity index (χ3v) is 5.36. The number of sulfonamides is 1. The Morgan fingerprint density at radius 2 is 2.00 bits per heavy atom. The van der Waals surface area contributed by atoms with Crippen LogP contribution in [0.2, 0.25) is 0 Å². The number of anilines is 2. The predicted octanol–water partition coefficient (Wildman–Crippen LogP) is 1.30. The number of amides is 1. The molecule has 5 nitrogen and oxygen atoms in total. The number of carbonyl (C=O) groups is 1. The molecular formula is C13H18N2O3S. The van der Waals surface area contributed by atoms with E-state index in [4.69, 9.17) is 0 Å². The van der Waals surface area contributed by atoms with Gasteiger partial charge < -0.3 is 4.90 Å². The van der Waals surface area contributed by atoms with Gasteiger partial charge in [0.05, 0.1) is 17.9 Å². The molecule has 2 rings (SSSR count). The van der Waals surface area contributed by atoms with Gasteiger partial charge in [0.1, 0.15) is 0 Å². The van der Waals surface area contributed by atoms with Crippen LogP contribution in [0.25, 0.3) is 0 Å². The summed E-state index contributed by atoms with van der Waals surface area (Å²) in [7, 11) is 0.00212. The molecule has 0 radical (unpaired) electrons. The lowest BCUT2D eigenvalue weighted by molar-refractivity contribution is -0.117. The number of hydrogen-bond acceptors (Lipinski definition) is 3. The first kappa shape index (κ1) is 13.9. The summed E-state index contributed by atoms with van der Waals surface area (Å²) in [5, 5.41) is 0. The first-order valence-electron chi connectivity index (χ1n) is 6.14. The Morgan fingerprint density at radius 3 is 2.58 bits per heavy atom. The molecule has 1 aromatic rings. The van der Waals surface area contributed by atoms with Crippen molar-refractivity contribution in [3.63, 3.8) is 0 Å². The molecule has 0 unspecified atom stereocenters. The summed E-state index contributed by atoms with van der Waals surface area (Å²) in [6.07, 6.45) is 0.332. The summed E-state index contributed by atoms with van der Waals surface area (Å²) in [4.78, 5) is 13.3. The zero-order chi connectivity index (χ0) is 14.4. The molecule has 1 aromatic carbocycles. The molecule has 1 aliphatic heterocycles. The molecule has 19 heavy (non-hydrogen) atoms. The normalized spacial score (nSPS) is 14.7. The number of benzene rings is 1. The van der Waals surface area contributed by atoms with E-state index >= 15 is 0 Å². The van der Waals surface area contributed by atoms with Crippen molar-refractivity contribution >= 4 is 27.3 Å². The number of aryl methyl sites for hydroxylation is 1. The van der Waals surface area contributed by atoms with E-state index in [9.17, 15) is 13.2 Å². The standard InChI is InChI=1S/C13H18N2O3S/c1-5-19(17,18)15(4)11-7-10-8-13(16)14(3)12(10)6-9(11)2/h6-7H,5,8H2,1-4H3. The number of hydrogen-bond donors (Lipinski definition) is 0. The number of carbonyl (C=O) groups excluding carboxylic acids is 1. The fraction of sp³-hybridized carbons (Fsp3) is 0.462. The van der Waals surface area contributed by atoms with E-state index in [1.807, 2.05) is 13.0 Å². The van der Waals surface area contributed by atoms with Crippen molar-refractivity contribution in [3.05, 3.63) is 23.3 Å². The van der Waals surface area contributed by atoms with E-state index in [-0.39, 0.29) is 11.7 Å². The summed E-state index contributed by atoms with van der Waals surface area (Å²) in [6.45, 7) is 3.47. The van der Waals surface area contributed by atoms with Gasteiger partial charge in [0.25, 0.3) is 0 Å². The fourth-order valence-corrected chi connectivity index (χ4v) is 3.16. The lowest BCUT2D eigenvalue weighted by Crippen LogP contribution is -2.28. The molecule has 6 heteroatoms. The quantitative estimate of drug-likeness (QED) is 0.839. The zero-order valence-electron chi connectivity index (χ0n) is 11.6. The van der Waals surface area contributed by atoms with E-state index < -0.39 is 10.0 Å². The summed E-state index contributed by atoms with van der Waals surface area (Å²) in [5.41, 5.74) is 3.24. The van der Waals surface area contributed by atoms with Gasteiger partial charge in [0.15, 0.2) is 0 Å². The first-order chi connectivity index (χ1) is 8.77. The minimum absolute atomic E-state index is 0.0348. The van der Waals surface area contributed by atoms with Gasteiger partial charge in [0.2, 0.25) is 15.9 Å². The van der Waals surface area contributed by atoms with Crippen molar-refractivity contribution in [1.29, 1.82) is 0 Å². The van der Waals surface area contributed by atoms with Crippen molar-refractivity contribution in [2.24, 2.45) is 0 Å². The maximum absolute atomic E-state index is 11.9. The highest BCUT2D eigenvalue weighted by Crippen LogP contribution is 2.34. The second-order valence-corrected chi connectivity index (χ2v) is 7.05. The van der Waals surface area contributed by atoms with E-state index in [1.165, 1.54) is 4.31 Å². The highest BCUT2D eigenvalue weighted by Gasteiger charge is 2.27. The molecule has 0 saturated carbocycles. The minimum atomic E-state index is -3.28. The van der Waals surface area contributed by atoms with Crippen LogP contribution in [0, 0.1) is 6.92 Å². The van der Waals surface area contributed by atoms with Crippen LogP contribution >= 0.6 is 0 Å². The lowest BCUT2D eigenvalue weighted by Gasteiger charge is -2.22. The van der Waals surface area contributed by atoms with Gasteiger partial charge in [-0.15, -0.1) is 0 Å². The fourth-order valence-electron chi connectivity index (χ4n) is 2.28. The Hall–Kier alpha value is -1.56. The number of likely N-dealkylation sites (N-methyl/N-ethyl adjacent to an activating group) is 1. The largest absolute Gasteiger partial charge is 0.315 e. The number of rotatable bonds is 3. The third kappa shape index (κ3) is 2.20. The first-order valence-corrected chi connectivity index (χ1v) is 7.75. The molecule has 0 bridgehead atoms. The Morgan fingerprint density at radius 1 is 1.37 bits per heavy atom. The molecule has 0 aromatic heterocycles. The topological polar surface area (TPSA) is 57.7 Å². The summed E-state index contributed by atoms with van der Waals surface area (Å²) < 4.78 is 25.2. The van der Waals surface area contributed by atoms with E-state index in [0.717, 1.165) is 16.8 Å². The summed E-state index contributed by atoms with van der Waals surface area (Å²) in [5.74, 6) is 0.0892. The van der Waals surface area contributed by atoms with E-state index in [1.54, 1.807) is 32.0 Å². The van der Waals surface area contributed by atoms with Gasteiger partial charge in [-0.3, -0.25) is 9.10 Å². The molecule has 0 N–H and O–H groups in total. The minimum Gasteiger partial charge on any atom is -0.315 e. The Bertz CT molecular complexity index is 638. The van der Waals surface area contributed by atoms with Gasteiger partial charge in [-0.2, -0.15) is 0 Å². The van der Waals surface area contributed by atoms with Crippen LogP contribution in [0.5, 0.6) is 0 Å². The molecular weight excluding hydrogens is 264 g/mol. The predicted molar refractivity (Wildman–Crippen MR) is 76.2 cm³/mol. The van der Waals surface area contributed by atoms with Crippen LogP contribution < -0.4 is 9.21 Å². The Balaban J connectivity index is 2.52. The van der Waals surface area contributed by atoms with Gasteiger partial charge in [-0.1, -0.05) is 0 Å². The molecule has 104 valence electrons. The highest BCUT2D eigenvalue weighted by molar-refractivity contribution is 7.92. The van der Waals surface area contributed by atoms with Crippen molar-refractivity contribution < 1.29 is 13.2 Å². The Labute approximate surface area is 113 Å². The lowest BCUT2D eigenvalue weighted by atomic mass is 10.1. The molecule has 1 heterocycles. The highest BCUT2D eigenvalue weighted by atomic mass is 32.2. The van der Waals surface area contributed by atoms with Crippen LogP contribution in [0.15, 0.2) is 12.1 Å². The zero-order valence-corrected chi connectivity index (χ0v) is 12.4. The van der Waals surface area contributed by atoms with E-state index in [2.05, 4.69) is 0 Å². The molecule has 0 fully saturated rings. The monoisotopic (exact) mass is 282 g/mol. The summed E-state index contributed by atoms with van der Waals surface area (Å²) >= 11 is 0. The Kier molecular flexibility index (Phi) is 3.30. The smallest absolute Gasteiger partial charge is 0.234 e. The molecule has 0 aliphatic carbocycles. The van der Waals surface area contributed by atoms with Crippen molar-refractivity contribution in [1.82, 2.24) is 0 Å². The van der Waals surface area contributed by atoms with Gasteiger partial charge in [-0.25, -0.2) is 8.42 Å². The third-order valence-electron chi connectivity index (χ3n) is 3.60. The van der Waals surface area contributed by atoms with E-state index in [0.29, 0.717) is 12.1 Å². The SMILES string of the molecule is CCS(=O)(=O)N(C)c1cc2c(cc1C)N(C)C(=O)C2. The second kappa shape index (κ2) is 4.52. The van der Waals surface area contributed by atoms with Crippen LogP contribution in [-0.4, -0.2) is 34.2 Å². The maximum atomic E-state index is 11.9. The number of nitrogens with zero attached hydrogens (tertiary/aromatic N) is 2. The van der Waals surface area contributed by atoms with Crippen LogP contribution in [0.3, 0.4) is 0 Å². The van der Waals surface area contributed by atoms with Crippen LogP contribution in [0.4, 0.5) is 11.4 Å². The molecule has 0 spiro atoms. The molecule has 1 amide bonds. The van der Waals surface area contributed by atoms with Gasteiger partial charge in [-0.05, 0) is 37.1 Å². The van der Waals surface area contributed by atoms with Gasteiger partial charge in [0, 0.05) is 19.8 Å². The average molecular weight is 282 g/mol. The number of fused-ring (bicyclic) bond motifs is 1. The summed E-state index contributed by atoms with van der Waals surface area (Å²) in [6, 6.07) is 3.68. The second-order valence-electron chi connectivity index (χ2n) is 4.76. The molecule has 1 aliphatic rings. The molecule has 0 atom stereocenters. The molecule has 0 saturated heterocycles. The van der Waals surface area contributed by atoms with Crippen LogP contribution in [0.1, 0.15) is 18.1 Å². The van der Waals surface area contributed by atoms with Crippen molar-refractivity contribution in [2.45, 2.75) is 20.3 Å². The van der Waals surface area contributed by atoms with Gasteiger partial charge >= 0.3 is 0 Å².